The second kappa shape index (κ2) is 11.2. The van der Waals surface area contributed by atoms with Crippen molar-refractivity contribution in [2.75, 3.05) is 42.3 Å². The third kappa shape index (κ3) is 5.86. The smallest absolute Gasteiger partial charge is 0.241 e. The molecule has 0 unspecified atom stereocenters. The minimum Gasteiger partial charge on any atom is -0.378 e. The molecule has 1 aliphatic rings. The first-order chi connectivity index (χ1) is 19.9. The summed E-state index contributed by atoms with van der Waals surface area (Å²) >= 11 is 0. The summed E-state index contributed by atoms with van der Waals surface area (Å²) < 4.78 is 39.0. The fourth-order valence-electron chi connectivity index (χ4n) is 5.03. The highest BCUT2D eigenvalue weighted by Crippen LogP contribution is 2.28. The van der Waals surface area contributed by atoms with E-state index >= 15 is 0 Å². The van der Waals surface area contributed by atoms with Gasteiger partial charge < -0.3 is 24.0 Å². The summed E-state index contributed by atoms with van der Waals surface area (Å²) in [5.74, 6) is 0.227. The second-order valence-electron chi connectivity index (χ2n) is 9.97. The molecule has 4 heterocycles. The number of amides is 1. The largest absolute Gasteiger partial charge is 0.378 e. The summed E-state index contributed by atoms with van der Waals surface area (Å²) in [7, 11) is -3.95. The van der Waals surface area contributed by atoms with Crippen molar-refractivity contribution < 1.29 is 22.5 Å². The summed E-state index contributed by atoms with van der Waals surface area (Å²) in [6.45, 7) is 5.21. The summed E-state index contributed by atoms with van der Waals surface area (Å²) in [5, 5.41) is 6.75. The molecule has 6 rings (SSSR count). The Kier molecular flexibility index (Phi) is 7.29. The molecule has 0 radical (unpaired) electrons. The Hall–Kier alpha value is -4.48. The van der Waals surface area contributed by atoms with Gasteiger partial charge in [-0.3, -0.25) is 4.79 Å². The second-order valence-corrected chi connectivity index (χ2v) is 11.9. The summed E-state index contributed by atoms with van der Waals surface area (Å²) in [4.78, 5) is 19.5. The minimum atomic E-state index is -3.95. The van der Waals surface area contributed by atoms with E-state index in [9.17, 15) is 13.2 Å². The number of carbonyl (C=O) groups is 1. The number of morpholine rings is 1. The Balaban J connectivity index is 1.23. The maximum absolute atomic E-state index is 13.4. The number of hydrogen-bond acceptors (Lipinski definition) is 8. The molecule has 2 aromatic carbocycles. The average Bonchev–Trinajstić information content (AvgIpc) is 3.57. The van der Waals surface area contributed by atoms with Crippen LogP contribution < -0.4 is 10.2 Å². The normalized spacial score (nSPS) is 13.9. The monoisotopic (exact) mass is 571 g/mol. The number of carbonyl (C=O) groups excluding carboxylic acids is 1. The number of para-hydroxylation sites is 1. The molecule has 0 aliphatic carbocycles. The van der Waals surface area contributed by atoms with E-state index in [1.807, 2.05) is 47.2 Å². The Morgan fingerprint density at radius 1 is 1.00 bits per heavy atom. The van der Waals surface area contributed by atoms with E-state index in [1.54, 1.807) is 25.3 Å². The number of nitrogens with zero attached hydrogens (tertiary/aromatic N) is 4. The molecular formula is C30H29N5O5S. The molecule has 1 saturated heterocycles. The van der Waals surface area contributed by atoms with E-state index in [-0.39, 0.29) is 10.7 Å². The predicted octanol–water partition coefficient (Wildman–Crippen LogP) is 4.30. The molecule has 1 aliphatic heterocycles. The number of hydrogen-bond donors (Lipinski definition) is 1. The number of aromatic nitrogens is 3. The van der Waals surface area contributed by atoms with Crippen molar-refractivity contribution in [2.24, 2.45) is 0 Å². The summed E-state index contributed by atoms with van der Waals surface area (Å²) in [6.07, 6.45) is 3.49. The zero-order valence-corrected chi connectivity index (χ0v) is 23.3. The first kappa shape index (κ1) is 26.7. The lowest BCUT2D eigenvalue weighted by Crippen LogP contribution is -2.36. The molecule has 10 nitrogen and oxygen atoms in total. The van der Waals surface area contributed by atoms with Crippen LogP contribution in [0.3, 0.4) is 0 Å². The lowest BCUT2D eigenvalue weighted by Gasteiger charge is -2.27. The van der Waals surface area contributed by atoms with E-state index in [4.69, 9.17) is 9.26 Å². The molecule has 3 aromatic heterocycles. The Morgan fingerprint density at radius 2 is 1.83 bits per heavy atom. The van der Waals surface area contributed by atoms with E-state index in [0.29, 0.717) is 30.9 Å². The van der Waals surface area contributed by atoms with Crippen molar-refractivity contribution in [3.05, 3.63) is 90.4 Å². The van der Waals surface area contributed by atoms with Gasteiger partial charge in [-0.2, -0.15) is 0 Å². The van der Waals surface area contributed by atoms with Crippen LogP contribution in [0.2, 0.25) is 0 Å². The SMILES string of the molecule is Cc1cc(NC(=O)CS(=O)(=O)c2cn(Cc3cccc(-c4ccc(N5CCOCC5)nc4)c3)c3ccccc23)no1. The molecule has 0 saturated carbocycles. The molecule has 1 fully saturated rings. The minimum absolute atomic E-state index is 0.110. The number of aryl methyl sites for hydroxylation is 1. The molecule has 1 N–H and O–H groups in total. The molecule has 0 spiro atoms. The predicted molar refractivity (Wildman–Crippen MR) is 156 cm³/mol. The third-order valence-electron chi connectivity index (χ3n) is 7.00. The number of anilines is 2. The zero-order valence-electron chi connectivity index (χ0n) is 22.5. The van der Waals surface area contributed by atoms with Gasteiger partial charge in [-0.1, -0.05) is 41.6 Å². The topological polar surface area (TPSA) is 120 Å². The molecule has 210 valence electrons. The molecule has 11 heteroatoms. The first-order valence-electron chi connectivity index (χ1n) is 13.3. The van der Waals surface area contributed by atoms with Crippen LogP contribution >= 0.6 is 0 Å². The molecule has 0 atom stereocenters. The molecule has 41 heavy (non-hydrogen) atoms. The quantitative estimate of drug-likeness (QED) is 0.293. The van der Waals surface area contributed by atoms with Crippen LogP contribution in [0, 0.1) is 6.92 Å². The van der Waals surface area contributed by atoms with Crippen molar-refractivity contribution in [1.82, 2.24) is 14.7 Å². The van der Waals surface area contributed by atoms with Gasteiger partial charge in [-0.25, -0.2) is 13.4 Å². The first-order valence-corrected chi connectivity index (χ1v) is 14.9. The number of ether oxygens (including phenoxy) is 1. The zero-order chi connectivity index (χ0) is 28.4. The van der Waals surface area contributed by atoms with Crippen molar-refractivity contribution in [3.63, 3.8) is 0 Å². The van der Waals surface area contributed by atoms with Crippen molar-refractivity contribution in [2.45, 2.75) is 18.4 Å². The average molecular weight is 572 g/mol. The lowest BCUT2D eigenvalue weighted by atomic mass is 10.0. The number of rotatable bonds is 8. The van der Waals surface area contributed by atoms with E-state index in [0.717, 1.165) is 41.1 Å². The van der Waals surface area contributed by atoms with Crippen LogP contribution in [0.5, 0.6) is 0 Å². The molecule has 0 bridgehead atoms. The fourth-order valence-corrected chi connectivity index (χ4v) is 6.40. The van der Waals surface area contributed by atoms with E-state index < -0.39 is 21.5 Å². The van der Waals surface area contributed by atoms with Gasteiger partial charge in [0.2, 0.25) is 5.91 Å². The molecule has 1 amide bonds. The van der Waals surface area contributed by atoms with E-state index in [1.165, 1.54) is 6.07 Å². The number of benzene rings is 2. The van der Waals surface area contributed by atoms with Gasteiger partial charge in [0.25, 0.3) is 0 Å². The highest BCUT2D eigenvalue weighted by atomic mass is 32.2. The van der Waals surface area contributed by atoms with Crippen LogP contribution in [0.15, 0.2) is 88.5 Å². The Morgan fingerprint density at radius 3 is 2.59 bits per heavy atom. The van der Waals surface area contributed by atoms with Gasteiger partial charge in [0.15, 0.2) is 15.7 Å². The van der Waals surface area contributed by atoms with Gasteiger partial charge in [0.1, 0.15) is 17.3 Å². The van der Waals surface area contributed by atoms with E-state index in [2.05, 4.69) is 32.5 Å². The number of sulfone groups is 1. The van der Waals surface area contributed by atoms with Crippen LogP contribution in [0.1, 0.15) is 11.3 Å². The van der Waals surface area contributed by atoms with Gasteiger partial charge in [-0.05, 0) is 42.3 Å². The van der Waals surface area contributed by atoms with Gasteiger partial charge in [-0.15, -0.1) is 0 Å². The van der Waals surface area contributed by atoms with Crippen LogP contribution in [0.25, 0.3) is 22.0 Å². The maximum atomic E-state index is 13.4. The Labute approximate surface area is 237 Å². The highest BCUT2D eigenvalue weighted by molar-refractivity contribution is 7.92. The summed E-state index contributed by atoms with van der Waals surface area (Å²) in [6, 6.07) is 21.0. The molecular weight excluding hydrogens is 542 g/mol. The van der Waals surface area contributed by atoms with Crippen LogP contribution in [0.4, 0.5) is 11.6 Å². The highest BCUT2D eigenvalue weighted by Gasteiger charge is 2.25. The fraction of sp³-hybridized carbons (Fsp3) is 0.233. The van der Waals surface area contributed by atoms with Gasteiger partial charge in [0, 0.05) is 54.6 Å². The number of nitrogens with one attached hydrogen (secondary N) is 1. The maximum Gasteiger partial charge on any atom is 0.241 e. The van der Waals surface area contributed by atoms with Crippen molar-refractivity contribution in [3.8, 4) is 11.1 Å². The van der Waals surface area contributed by atoms with Crippen LogP contribution in [-0.2, 0) is 25.9 Å². The number of pyridine rings is 1. The number of fused-ring (bicyclic) bond motifs is 1. The molecule has 5 aromatic rings. The van der Waals surface area contributed by atoms with Crippen molar-refractivity contribution >= 4 is 38.3 Å². The Bertz CT molecular complexity index is 1800. The van der Waals surface area contributed by atoms with Gasteiger partial charge in [0.05, 0.1) is 18.1 Å². The summed E-state index contributed by atoms with van der Waals surface area (Å²) in [5.41, 5.74) is 3.79. The van der Waals surface area contributed by atoms with Gasteiger partial charge >= 0.3 is 0 Å². The van der Waals surface area contributed by atoms with Crippen LogP contribution in [-0.4, -0.2) is 61.1 Å². The third-order valence-corrected chi connectivity index (χ3v) is 8.64. The lowest BCUT2D eigenvalue weighted by molar-refractivity contribution is -0.113. The standard InChI is InChI=1S/C30H29N5O5S/c1-21-15-28(33-40-21)32-30(36)20-41(37,38)27-19-35(26-8-3-2-7-25(26)27)18-22-5-4-6-23(16-22)24-9-10-29(31-17-24)34-11-13-39-14-12-34/h2-10,15-17,19H,11-14,18,20H2,1H3,(H,32,33,36). The van der Waals surface area contributed by atoms with Crippen molar-refractivity contribution in [1.29, 1.82) is 0 Å².